The zero-order chi connectivity index (χ0) is 19.0. The Balaban J connectivity index is 2.25. The molecule has 0 unspecified atom stereocenters. The molecule has 3 N–H and O–H groups in total. The van der Waals surface area contributed by atoms with Crippen LogP contribution in [0.15, 0.2) is 29.7 Å². The van der Waals surface area contributed by atoms with Crippen LogP contribution in [0.3, 0.4) is 0 Å². The van der Waals surface area contributed by atoms with Crippen LogP contribution in [0.1, 0.15) is 52.7 Å². The van der Waals surface area contributed by atoms with Crippen molar-refractivity contribution in [2.75, 3.05) is 6.54 Å². The molecule has 5 nitrogen and oxygen atoms in total. The molecule has 0 spiro atoms. The number of carbonyl (C=O) groups is 1. The molecule has 1 fully saturated rings. The molecule has 25 heavy (non-hydrogen) atoms. The second-order valence-electron chi connectivity index (χ2n) is 8.06. The number of carboxylic acid groups (broad SMARTS) is 1. The topological polar surface area (TPSA) is 81.8 Å². The van der Waals surface area contributed by atoms with E-state index < -0.39 is 29.7 Å². The lowest BCUT2D eigenvalue weighted by atomic mass is 9.77. The van der Waals surface area contributed by atoms with E-state index in [9.17, 15) is 9.90 Å². The SMILES string of the molecule is CC(C)(C(=O)O)c1ccc(C=C(CN)B2OC(C)(C)C(C)(C)O2)cc1. The summed E-state index contributed by atoms with van der Waals surface area (Å²) in [5.74, 6) is -0.851. The Morgan fingerprint density at radius 2 is 1.64 bits per heavy atom. The maximum atomic E-state index is 11.4. The molecule has 0 aromatic heterocycles. The summed E-state index contributed by atoms with van der Waals surface area (Å²) in [4.78, 5) is 11.4. The first-order chi connectivity index (χ1) is 11.4. The van der Waals surface area contributed by atoms with Gasteiger partial charge in [-0.1, -0.05) is 30.3 Å². The average Bonchev–Trinajstić information content (AvgIpc) is 2.73. The van der Waals surface area contributed by atoms with Gasteiger partial charge in [-0.3, -0.25) is 4.79 Å². The average molecular weight is 345 g/mol. The van der Waals surface area contributed by atoms with Gasteiger partial charge in [0.2, 0.25) is 0 Å². The van der Waals surface area contributed by atoms with Gasteiger partial charge in [0.1, 0.15) is 0 Å². The van der Waals surface area contributed by atoms with Gasteiger partial charge < -0.3 is 20.1 Å². The van der Waals surface area contributed by atoms with Crippen LogP contribution in [0.25, 0.3) is 6.08 Å². The molecule has 2 rings (SSSR count). The van der Waals surface area contributed by atoms with Crippen molar-refractivity contribution in [1.29, 1.82) is 0 Å². The summed E-state index contributed by atoms with van der Waals surface area (Å²) in [6.07, 6.45) is 1.94. The fourth-order valence-electron chi connectivity index (χ4n) is 2.55. The van der Waals surface area contributed by atoms with Gasteiger partial charge in [0.05, 0.1) is 16.6 Å². The van der Waals surface area contributed by atoms with E-state index in [0.29, 0.717) is 6.54 Å². The lowest BCUT2D eigenvalue weighted by Crippen LogP contribution is -2.41. The summed E-state index contributed by atoms with van der Waals surface area (Å²) in [7, 11) is -0.481. The molecule has 0 saturated carbocycles. The predicted octanol–water partition coefficient (Wildman–Crippen LogP) is 3.02. The molecule has 0 aliphatic carbocycles. The Morgan fingerprint density at radius 1 is 1.16 bits per heavy atom. The van der Waals surface area contributed by atoms with E-state index in [1.807, 2.05) is 58.0 Å². The van der Waals surface area contributed by atoms with Crippen LogP contribution in [0, 0.1) is 0 Å². The lowest BCUT2D eigenvalue weighted by molar-refractivity contribution is -0.142. The number of nitrogens with two attached hydrogens (primary N) is 1. The fourth-order valence-corrected chi connectivity index (χ4v) is 2.55. The van der Waals surface area contributed by atoms with E-state index in [0.717, 1.165) is 16.6 Å². The van der Waals surface area contributed by atoms with E-state index >= 15 is 0 Å². The summed E-state index contributed by atoms with van der Waals surface area (Å²) in [5.41, 5.74) is 6.69. The smallest absolute Gasteiger partial charge is 0.481 e. The Kier molecular flexibility index (Phi) is 5.19. The molecule has 0 bridgehead atoms. The number of carboxylic acids is 1. The highest BCUT2D eigenvalue weighted by molar-refractivity contribution is 6.55. The van der Waals surface area contributed by atoms with E-state index in [2.05, 4.69) is 0 Å². The molecule has 136 valence electrons. The van der Waals surface area contributed by atoms with Crippen molar-refractivity contribution < 1.29 is 19.2 Å². The molecule has 1 aromatic carbocycles. The van der Waals surface area contributed by atoms with E-state index in [4.69, 9.17) is 15.0 Å². The van der Waals surface area contributed by atoms with Crippen molar-refractivity contribution in [3.63, 3.8) is 0 Å². The van der Waals surface area contributed by atoms with Gasteiger partial charge >= 0.3 is 13.1 Å². The van der Waals surface area contributed by atoms with Crippen molar-refractivity contribution >= 4 is 19.2 Å². The Labute approximate surface area is 150 Å². The number of rotatable bonds is 5. The van der Waals surface area contributed by atoms with Gasteiger partial charge in [-0.25, -0.2) is 0 Å². The molecule has 1 saturated heterocycles. The van der Waals surface area contributed by atoms with Crippen molar-refractivity contribution in [2.45, 2.75) is 58.2 Å². The van der Waals surface area contributed by atoms with Crippen LogP contribution in [0.4, 0.5) is 0 Å². The summed E-state index contributed by atoms with van der Waals surface area (Å²) in [6, 6.07) is 7.44. The van der Waals surface area contributed by atoms with E-state index in [1.54, 1.807) is 13.8 Å². The first-order valence-corrected chi connectivity index (χ1v) is 8.51. The highest BCUT2D eigenvalue weighted by Gasteiger charge is 2.52. The fraction of sp³-hybridized carbons (Fsp3) is 0.526. The molecule has 0 radical (unpaired) electrons. The molecule has 1 aliphatic rings. The zero-order valence-corrected chi connectivity index (χ0v) is 15.9. The number of aliphatic carboxylic acids is 1. The molecule has 1 heterocycles. The van der Waals surface area contributed by atoms with Crippen LogP contribution in [-0.4, -0.2) is 35.9 Å². The minimum Gasteiger partial charge on any atom is -0.481 e. The van der Waals surface area contributed by atoms with Crippen molar-refractivity contribution in [3.05, 3.63) is 40.9 Å². The quantitative estimate of drug-likeness (QED) is 0.802. The van der Waals surface area contributed by atoms with Crippen molar-refractivity contribution in [1.82, 2.24) is 0 Å². The minimum atomic E-state index is -0.926. The van der Waals surface area contributed by atoms with E-state index in [1.165, 1.54) is 0 Å². The second kappa shape index (κ2) is 6.59. The molecule has 1 aliphatic heterocycles. The maximum absolute atomic E-state index is 11.4. The van der Waals surface area contributed by atoms with Crippen LogP contribution in [0.5, 0.6) is 0 Å². The lowest BCUT2D eigenvalue weighted by Gasteiger charge is -2.32. The molecule has 0 amide bonds. The second-order valence-corrected chi connectivity index (χ2v) is 8.06. The summed E-state index contributed by atoms with van der Waals surface area (Å²) >= 11 is 0. The van der Waals surface area contributed by atoms with Gasteiger partial charge in [0.25, 0.3) is 0 Å². The van der Waals surface area contributed by atoms with Crippen molar-refractivity contribution in [2.24, 2.45) is 5.73 Å². The third-order valence-electron chi connectivity index (χ3n) is 5.31. The number of hydrogen-bond donors (Lipinski definition) is 2. The van der Waals surface area contributed by atoms with Crippen molar-refractivity contribution in [3.8, 4) is 0 Å². The Bertz CT molecular complexity index is 661. The third kappa shape index (κ3) is 3.81. The summed E-state index contributed by atoms with van der Waals surface area (Å²) in [6.45, 7) is 11.7. The zero-order valence-electron chi connectivity index (χ0n) is 15.9. The summed E-state index contributed by atoms with van der Waals surface area (Å²) < 4.78 is 12.1. The van der Waals surface area contributed by atoms with Crippen LogP contribution in [-0.2, 0) is 19.5 Å². The van der Waals surface area contributed by atoms with Gasteiger partial charge in [-0.2, -0.15) is 0 Å². The predicted molar refractivity (Wildman–Crippen MR) is 100 cm³/mol. The number of benzene rings is 1. The third-order valence-corrected chi connectivity index (χ3v) is 5.31. The van der Waals surface area contributed by atoms with E-state index in [-0.39, 0.29) is 0 Å². The summed E-state index contributed by atoms with van der Waals surface area (Å²) in [5, 5.41) is 9.33. The largest absolute Gasteiger partial charge is 0.491 e. The molecular weight excluding hydrogens is 317 g/mol. The van der Waals surface area contributed by atoms with Gasteiger partial charge in [-0.05, 0) is 58.1 Å². The van der Waals surface area contributed by atoms with Crippen LogP contribution < -0.4 is 5.73 Å². The highest BCUT2D eigenvalue weighted by atomic mass is 16.7. The minimum absolute atomic E-state index is 0.319. The highest BCUT2D eigenvalue weighted by Crippen LogP contribution is 2.38. The maximum Gasteiger partial charge on any atom is 0.491 e. The monoisotopic (exact) mass is 345 g/mol. The first kappa shape index (κ1) is 19.7. The Hall–Kier alpha value is -1.63. The standard InChI is InChI=1S/C19H28BNO4/c1-17(2,16(22)23)14-9-7-13(8-10-14)11-15(12-21)20-24-18(3,4)19(5,6)25-20/h7-11H,12,21H2,1-6H3,(H,22,23). The van der Waals surface area contributed by atoms with Crippen LogP contribution in [0.2, 0.25) is 0 Å². The van der Waals surface area contributed by atoms with Gasteiger partial charge in [0, 0.05) is 6.54 Å². The van der Waals surface area contributed by atoms with Gasteiger partial charge in [0.15, 0.2) is 0 Å². The number of hydrogen-bond acceptors (Lipinski definition) is 4. The normalized spacial score (nSPS) is 20.0. The molecule has 6 heteroatoms. The molecule has 1 aromatic rings. The van der Waals surface area contributed by atoms with Gasteiger partial charge in [-0.15, -0.1) is 0 Å². The molecule has 0 atom stereocenters. The van der Waals surface area contributed by atoms with Crippen LogP contribution >= 0.6 is 0 Å². The Morgan fingerprint density at radius 3 is 2.04 bits per heavy atom. The molecular formula is C19H28BNO4. The first-order valence-electron chi connectivity index (χ1n) is 8.51.